The van der Waals surface area contributed by atoms with Gasteiger partial charge in [-0.15, -0.1) is 0 Å². The van der Waals surface area contributed by atoms with Crippen molar-refractivity contribution in [1.29, 1.82) is 0 Å². The van der Waals surface area contributed by atoms with Crippen molar-refractivity contribution >= 4 is 16.3 Å². The highest BCUT2D eigenvalue weighted by molar-refractivity contribution is 7.16. The van der Waals surface area contributed by atoms with E-state index in [1.165, 1.54) is 11.3 Å². The zero-order chi connectivity index (χ0) is 17.8. The molecule has 0 saturated heterocycles. The van der Waals surface area contributed by atoms with Crippen LogP contribution in [0.1, 0.15) is 41.7 Å². The minimum Gasteiger partial charge on any atom is -0.329 e. The van der Waals surface area contributed by atoms with Gasteiger partial charge < -0.3 is 5.73 Å². The monoisotopic (exact) mass is 357 g/mol. The van der Waals surface area contributed by atoms with Crippen LogP contribution in [0.15, 0.2) is 30.3 Å². The average Bonchev–Trinajstić information content (AvgIpc) is 3.11. The second-order valence-electron chi connectivity index (χ2n) is 6.71. The number of aryl methyl sites for hydroxylation is 1. The van der Waals surface area contributed by atoms with E-state index in [1.807, 2.05) is 11.4 Å². The van der Waals surface area contributed by atoms with Gasteiger partial charge in [-0.25, -0.2) is 9.50 Å². The smallest absolute Gasteiger partial charge is 0.212 e. The van der Waals surface area contributed by atoms with E-state index < -0.39 is 0 Å². The lowest BCUT2D eigenvalue weighted by Gasteiger charge is -2.22. The molecule has 5 nitrogen and oxygen atoms in total. The molecule has 0 radical (unpaired) electrons. The molecule has 0 fully saturated rings. The number of fused-ring (bicyclic) bond motifs is 1. The van der Waals surface area contributed by atoms with Crippen LogP contribution >= 0.6 is 11.3 Å². The molecule has 3 aromatic rings. The van der Waals surface area contributed by atoms with Crippen molar-refractivity contribution < 1.29 is 0 Å². The maximum atomic E-state index is 5.86. The van der Waals surface area contributed by atoms with Crippen molar-refractivity contribution in [2.45, 2.75) is 39.7 Å². The van der Waals surface area contributed by atoms with Crippen molar-refractivity contribution in [2.75, 3.05) is 19.6 Å². The van der Waals surface area contributed by atoms with Crippen LogP contribution in [0.2, 0.25) is 0 Å². The number of aromatic nitrogens is 3. The lowest BCUT2D eigenvalue weighted by Crippen LogP contribution is -2.32. The molecular weight excluding hydrogens is 330 g/mol. The van der Waals surface area contributed by atoms with Gasteiger partial charge in [-0.2, -0.15) is 5.10 Å². The number of hydrogen-bond acceptors (Lipinski definition) is 5. The first-order valence-corrected chi connectivity index (χ1v) is 9.71. The highest BCUT2D eigenvalue weighted by Gasteiger charge is 2.20. The lowest BCUT2D eigenvalue weighted by atomic mass is 10.1. The van der Waals surface area contributed by atoms with E-state index in [0.29, 0.717) is 12.5 Å². The second-order valence-corrected chi connectivity index (χ2v) is 7.87. The summed E-state index contributed by atoms with van der Waals surface area (Å²) < 4.78 is 2.03. The summed E-state index contributed by atoms with van der Waals surface area (Å²) in [5.74, 6) is 0.387. The van der Waals surface area contributed by atoms with Gasteiger partial charge in [0.2, 0.25) is 4.96 Å². The molecule has 0 aliphatic heterocycles. The predicted molar refractivity (Wildman–Crippen MR) is 104 cm³/mol. The third-order valence-corrected chi connectivity index (χ3v) is 5.18. The van der Waals surface area contributed by atoms with Crippen molar-refractivity contribution in [2.24, 2.45) is 5.73 Å². The summed E-state index contributed by atoms with van der Waals surface area (Å²) in [6.07, 6.45) is 1.02. The van der Waals surface area contributed by atoms with E-state index in [9.17, 15) is 0 Å². The summed E-state index contributed by atoms with van der Waals surface area (Å²) in [6, 6.07) is 10.6. The molecule has 0 saturated carbocycles. The number of rotatable bonds is 8. The SMILES string of the molecule is Cc1nn2c(CN(CCN)CCc3ccccc3)c(C(C)C)nc2s1. The molecule has 2 N–H and O–H groups in total. The van der Waals surface area contributed by atoms with Crippen molar-refractivity contribution in [3.05, 3.63) is 52.3 Å². The molecule has 2 aromatic heterocycles. The Bertz CT molecular complexity index is 806. The number of nitrogens with zero attached hydrogens (tertiary/aromatic N) is 4. The molecule has 0 atom stereocenters. The van der Waals surface area contributed by atoms with E-state index in [0.717, 1.165) is 41.7 Å². The van der Waals surface area contributed by atoms with Gasteiger partial charge in [0, 0.05) is 26.2 Å². The molecule has 0 unspecified atom stereocenters. The normalized spacial score (nSPS) is 11.9. The highest BCUT2D eigenvalue weighted by atomic mass is 32.1. The quantitative estimate of drug-likeness (QED) is 0.672. The van der Waals surface area contributed by atoms with Gasteiger partial charge in [0.25, 0.3) is 0 Å². The van der Waals surface area contributed by atoms with Gasteiger partial charge in [-0.3, -0.25) is 4.90 Å². The van der Waals surface area contributed by atoms with Crippen LogP contribution in [0.4, 0.5) is 0 Å². The third kappa shape index (κ3) is 4.26. The van der Waals surface area contributed by atoms with E-state index in [4.69, 9.17) is 10.7 Å². The van der Waals surface area contributed by atoms with E-state index in [2.05, 4.69) is 54.2 Å². The minimum atomic E-state index is 0.387. The van der Waals surface area contributed by atoms with Crippen LogP contribution in [0, 0.1) is 6.92 Å². The van der Waals surface area contributed by atoms with Crippen molar-refractivity contribution in [3.63, 3.8) is 0 Å². The zero-order valence-corrected chi connectivity index (χ0v) is 16.1. The van der Waals surface area contributed by atoms with Crippen LogP contribution in [-0.2, 0) is 13.0 Å². The molecule has 1 aromatic carbocycles. The van der Waals surface area contributed by atoms with Crippen molar-refractivity contribution in [3.8, 4) is 0 Å². The first-order valence-electron chi connectivity index (χ1n) is 8.89. The standard InChI is InChI=1S/C19H27N5S/c1-14(2)18-17(24-19(21-18)25-15(3)22-24)13-23(12-10-20)11-9-16-7-5-4-6-8-16/h4-8,14H,9-13,20H2,1-3H3. The number of hydrogen-bond donors (Lipinski definition) is 1. The second kappa shape index (κ2) is 8.08. The van der Waals surface area contributed by atoms with Gasteiger partial charge >= 0.3 is 0 Å². The Labute approximate surface area is 153 Å². The maximum Gasteiger partial charge on any atom is 0.212 e. The molecule has 6 heteroatoms. The van der Waals surface area contributed by atoms with Crippen molar-refractivity contribution in [1.82, 2.24) is 19.5 Å². The summed E-state index contributed by atoms with van der Waals surface area (Å²) in [5.41, 5.74) is 9.58. The van der Waals surface area contributed by atoms with Gasteiger partial charge in [-0.1, -0.05) is 55.5 Å². The van der Waals surface area contributed by atoms with Gasteiger partial charge in [0.05, 0.1) is 11.4 Å². The summed E-state index contributed by atoms with van der Waals surface area (Å²) in [6.45, 7) is 9.77. The largest absolute Gasteiger partial charge is 0.329 e. The van der Waals surface area contributed by atoms with E-state index in [1.54, 1.807) is 11.3 Å². The molecule has 0 spiro atoms. The first kappa shape index (κ1) is 18.0. The van der Waals surface area contributed by atoms with Gasteiger partial charge in [0.1, 0.15) is 5.01 Å². The van der Waals surface area contributed by atoms with E-state index in [-0.39, 0.29) is 0 Å². The Morgan fingerprint density at radius 1 is 1.20 bits per heavy atom. The van der Waals surface area contributed by atoms with Gasteiger partial charge in [0.15, 0.2) is 0 Å². The third-order valence-electron chi connectivity index (χ3n) is 4.35. The maximum absolute atomic E-state index is 5.86. The Balaban J connectivity index is 1.81. The predicted octanol–water partition coefficient (Wildman–Crippen LogP) is 3.23. The summed E-state index contributed by atoms with van der Waals surface area (Å²) >= 11 is 1.65. The number of imidazole rings is 1. The topological polar surface area (TPSA) is 59.5 Å². The molecule has 0 bridgehead atoms. The molecule has 0 amide bonds. The molecule has 3 rings (SSSR count). The Kier molecular flexibility index (Phi) is 5.83. The number of nitrogens with two attached hydrogens (primary N) is 1. The highest BCUT2D eigenvalue weighted by Crippen LogP contribution is 2.25. The Hall–Kier alpha value is -1.76. The van der Waals surface area contributed by atoms with Gasteiger partial charge in [-0.05, 0) is 24.8 Å². The Morgan fingerprint density at radius 3 is 2.64 bits per heavy atom. The molecular formula is C19H27N5S. The Morgan fingerprint density at radius 2 is 1.96 bits per heavy atom. The van der Waals surface area contributed by atoms with Crippen LogP contribution in [-0.4, -0.2) is 39.1 Å². The minimum absolute atomic E-state index is 0.387. The zero-order valence-electron chi connectivity index (χ0n) is 15.3. The number of benzene rings is 1. The molecule has 134 valence electrons. The fourth-order valence-electron chi connectivity index (χ4n) is 3.11. The van der Waals surface area contributed by atoms with E-state index >= 15 is 0 Å². The molecule has 25 heavy (non-hydrogen) atoms. The average molecular weight is 358 g/mol. The fourth-order valence-corrected chi connectivity index (χ4v) is 3.88. The lowest BCUT2D eigenvalue weighted by molar-refractivity contribution is 0.270. The molecule has 2 heterocycles. The van der Waals surface area contributed by atoms with Crippen LogP contribution in [0.3, 0.4) is 0 Å². The summed E-state index contributed by atoms with van der Waals surface area (Å²) in [7, 11) is 0. The molecule has 0 aliphatic carbocycles. The summed E-state index contributed by atoms with van der Waals surface area (Å²) in [5, 5.41) is 5.71. The van der Waals surface area contributed by atoms with Crippen LogP contribution < -0.4 is 5.73 Å². The molecule has 0 aliphatic rings. The fraction of sp³-hybridized carbons (Fsp3) is 0.474. The first-order chi connectivity index (χ1) is 12.1. The summed E-state index contributed by atoms with van der Waals surface area (Å²) in [4.78, 5) is 8.23. The van der Waals surface area contributed by atoms with Crippen LogP contribution in [0.5, 0.6) is 0 Å². The van der Waals surface area contributed by atoms with Crippen LogP contribution in [0.25, 0.3) is 4.96 Å².